The maximum absolute atomic E-state index is 12.1. The van der Waals surface area contributed by atoms with E-state index < -0.39 is 52.7 Å². The summed E-state index contributed by atoms with van der Waals surface area (Å²) < 4.78 is 33.0. The van der Waals surface area contributed by atoms with Gasteiger partial charge in [-0.05, 0) is 13.3 Å². The molecule has 1 rings (SSSR count). The van der Waals surface area contributed by atoms with E-state index in [1.807, 2.05) is 4.72 Å². The third kappa shape index (κ3) is 6.30. The number of aliphatic carboxylic acids is 1. The number of amides is 1. The minimum Gasteiger partial charge on any atom is -0.480 e. The minimum atomic E-state index is -4.49. The lowest BCUT2D eigenvalue weighted by Crippen LogP contribution is -2.52. The summed E-state index contributed by atoms with van der Waals surface area (Å²) in [4.78, 5) is 26.2. The van der Waals surface area contributed by atoms with Gasteiger partial charge in [0.25, 0.3) is 10.2 Å². The van der Waals surface area contributed by atoms with Gasteiger partial charge in [0.05, 0.1) is 18.6 Å². The number of hydrogen-bond acceptors (Lipinski definition) is 9. The Kier molecular flexibility index (Phi) is 7.58. The summed E-state index contributed by atoms with van der Waals surface area (Å²) >= 11 is 0. The van der Waals surface area contributed by atoms with Gasteiger partial charge < -0.3 is 26.2 Å². The molecule has 0 radical (unpaired) electrons. The Morgan fingerprint density at radius 3 is 2.42 bits per heavy atom. The lowest BCUT2D eigenvalue weighted by Gasteiger charge is -2.19. The summed E-state index contributed by atoms with van der Waals surface area (Å²) in [6.07, 6.45) is -1.56. The van der Waals surface area contributed by atoms with E-state index in [2.05, 4.69) is 10.1 Å². The third-order valence-corrected chi connectivity index (χ3v) is 4.42. The highest BCUT2D eigenvalue weighted by Gasteiger charge is 2.32. The molecule has 4 atom stereocenters. The lowest BCUT2D eigenvalue weighted by molar-refractivity contribution is -0.141. The molecule has 14 heteroatoms. The van der Waals surface area contributed by atoms with Crippen molar-refractivity contribution in [3.05, 3.63) is 11.7 Å². The lowest BCUT2D eigenvalue weighted by atomic mass is 10.2. The molecule has 13 nitrogen and oxygen atoms in total. The number of nitrogens with one attached hydrogen (secondary N) is 2. The molecule has 0 aliphatic carbocycles. The van der Waals surface area contributed by atoms with Crippen LogP contribution in [0.3, 0.4) is 0 Å². The van der Waals surface area contributed by atoms with E-state index in [1.54, 1.807) is 11.6 Å². The zero-order chi connectivity index (χ0) is 20.1. The average molecular weight is 394 g/mol. The van der Waals surface area contributed by atoms with Gasteiger partial charge in [0.15, 0.2) is 5.82 Å². The Morgan fingerprint density at radius 1 is 1.35 bits per heavy atom. The van der Waals surface area contributed by atoms with Crippen molar-refractivity contribution in [3.8, 4) is 0 Å². The number of carboxylic acid groups (broad SMARTS) is 1. The minimum absolute atomic E-state index is 0.108. The first-order valence-corrected chi connectivity index (χ1v) is 9.03. The highest BCUT2D eigenvalue weighted by molar-refractivity contribution is 7.87. The predicted molar refractivity (Wildman–Crippen MR) is 86.4 cm³/mol. The standard InChI is InChI=1S/C12H22N6O7S/c1-3-6(13)10-15-11(25-16-10)7(4-8(14)20)17-26(23,24)18-9(5(2)19)12(21)22/h5-7,9,17-19H,3-4,13H2,1-2H3,(H2,14,20)(H,21,22)/t5?,6-,7+,9-/m0/s1. The van der Waals surface area contributed by atoms with Gasteiger partial charge >= 0.3 is 5.97 Å². The van der Waals surface area contributed by atoms with Gasteiger partial charge in [0.2, 0.25) is 11.8 Å². The van der Waals surface area contributed by atoms with E-state index >= 15 is 0 Å². The van der Waals surface area contributed by atoms with Crippen LogP contribution in [0.2, 0.25) is 0 Å². The second-order valence-corrected chi connectivity index (χ2v) is 7.00. The fourth-order valence-corrected chi connectivity index (χ4v) is 3.11. The SMILES string of the molecule is CC[C@H](N)c1noc([C@@H](CC(N)=O)NS(=O)(=O)N[C@H](C(=O)O)C(C)O)n1. The van der Waals surface area contributed by atoms with Crippen molar-refractivity contribution >= 4 is 22.1 Å². The number of carbonyl (C=O) groups is 2. The molecule has 0 fully saturated rings. The fourth-order valence-electron chi connectivity index (χ4n) is 1.85. The van der Waals surface area contributed by atoms with Crippen molar-refractivity contribution in [1.29, 1.82) is 0 Å². The van der Waals surface area contributed by atoms with Gasteiger partial charge in [0.1, 0.15) is 12.1 Å². The number of rotatable bonds is 11. The van der Waals surface area contributed by atoms with Crippen LogP contribution in [0.4, 0.5) is 0 Å². The molecule has 1 unspecified atom stereocenters. The molecule has 1 aromatic heterocycles. The number of nitrogens with zero attached hydrogens (tertiary/aromatic N) is 2. The molecule has 0 aliphatic rings. The molecular formula is C12H22N6O7S. The Hall–Kier alpha value is -2.13. The second kappa shape index (κ2) is 9.00. The summed E-state index contributed by atoms with van der Waals surface area (Å²) in [6, 6.07) is -3.71. The second-order valence-electron chi connectivity index (χ2n) is 5.52. The zero-order valence-corrected chi connectivity index (χ0v) is 14.9. The van der Waals surface area contributed by atoms with E-state index in [0.29, 0.717) is 6.42 Å². The number of carbonyl (C=O) groups excluding carboxylic acids is 1. The van der Waals surface area contributed by atoms with Crippen LogP contribution >= 0.6 is 0 Å². The van der Waals surface area contributed by atoms with Crippen LogP contribution in [0.15, 0.2) is 4.52 Å². The van der Waals surface area contributed by atoms with Crippen LogP contribution in [0.25, 0.3) is 0 Å². The molecule has 0 aliphatic heterocycles. The van der Waals surface area contributed by atoms with Gasteiger partial charge in [-0.1, -0.05) is 12.1 Å². The van der Waals surface area contributed by atoms with Gasteiger partial charge in [-0.2, -0.15) is 22.8 Å². The molecule has 0 spiro atoms. The third-order valence-electron chi connectivity index (χ3n) is 3.26. The molecule has 1 aromatic rings. The van der Waals surface area contributed by atoms with E-state index in [-0.39, 0.29) is 11.7 Å². The summed E-state index contributed by atoms with van der Waals surface area (Å²) in [5.74, 6) is -2.62. The highest BCUT2D eigenvalue weighted by Crippen LogP contribution is 2.18. The Labute approximate surface area is 149 Å². The first-order chi connectivity index (χ1) is 12.0. The molecule has 8 N–H and O–H groups in total. The Bertz CT molecular complexity index is 734. The maximum Gasteiger partial charge on any atom is 0.324 e. The number of aliphatic hydroxyl groups is 1. The van der Waals surface area contributed by atoms with Crippen LogP contribution in [0, 0.1) is 0 Å². The highest BCUT2D eigenvalue weighted by atomic mass is 32.2. The molecule has 148 valence electrons. The van der Waals surface area contributed by atoms with E-state index in [0.717, 1.165) is 6.92 Å². The molecular weight excluding hydrogens is 372 g/mol. The first-order valence-electron chi connectivity index (χ1n) is 7.54. The zero-order valence-electron chi connectivity index (χ0n) is 14.1. The summed E-state index contributed by atoms with van der Waals surface area (Å²) in [5, 5.41) is 21.9. The fraction of sp³-hybridized carbons (Fsp3) is 0.667. The van der Waals surface area contributed by atoms with Crippen molar-refractivity contribution < 1.29 is 32.7 Å². The summed E-state index contributed by atoms with van der Waals surface area (Å²) in [7, 11) is -4.49. The molecule has 0 aromatic carbocycles. The first kappa shape index (κ1) is 21.9. The number of carboxylic acids is 1. The summed E-state index contributed by atoms with van der Waals surface area (Å²) in [6.45, 7) is 2.87. The largest absolute Gasteiger partial charge is 0.480 e. The quantitative estimate of drug-likeness (QED) is 0.234. The van der Waals surface area contributed by atoms with Crippen molar-refractivity contribution in [2.75, 3.05) is 0 Å². The smallest absolute Gasteiger partial charge is 0.324 e. The average Bonchev–Trinajstić information content (AvgIpc) is 3.00. The van der Waals surface area contributed by atoms with Gasteiger partial charge in [0, 0.05) is 0 Å². The molecule has 0 saturated carbocycles. The molecule has 26 heavy (non-hydrogen) atoms. The van der Waals surface area contributed by atoms with Crippen LogP contribution in [-0.2, 0) is 19.8 Å². The van der Waals surface area contributed by atoms with Crippen LogP contribution in [-0.4, -0.2) is 52.8 Å². The topological polar surface area (TPSA) is 224 Å². The Morgan fingerprint density at radius 2 is 1.96 bits per heavy atom. The van der Waals surface area contributed by atoms with Gasteiger partial charge in [-0.15, -0.1) is 0 Å². The molecule has 1 amide bonds. The van der Waals surface area contributed by atoms with Crippen molar-refractivity contribution in [3.63, 3.8) is 0 Å². The van der Waals surface area contributed by atoms with Crippen LogP contribution in [0.1, 0.15) is 50.5 Å². The van der Waals surface area contributed by atoms with Crippen LogP contribution in [0.5, 0.6) is 0 Å². The van der Waals surface area contributed by atoms with Crippen molar-refractivity contribution in [2.24, 2.45) is 11.5 Å². The van der Waals surface area contributed by atoms with Crippen molar-refractivity contribution in [1.82, 2.24) is 19.6 Å². The Balaban J connectivity index is 3.04. The molecule has 0 bridgehead atoms. The van der Waals surface area contributed by atoms with E-state index in [9.17, 15) is 23.1 Å². The number of aromatic nitrogens is 2. The van der Waals surface area contributed by atoms with E-state index in [1.165, 1.54) is 0 Å². The number of hydrogen-bond donors (Lipinski definition) is 6. The predicted octanol–water partition coefficient (Wildman–Crippen LogP) is -2.35. The number of aliphatic hydroxyl groups excluding tert-OH is 1. The number of nitrogens with two attached hydrogens (primary N) is 2. The van der Waals surface area contributed by atoms with Crippen molar-refractivity contribution in [2.45, 2.75) is 50.9 Å². The molecule has 1 heterocycles. The number of primary amides is 1. The monoisotopic (exact) mass is 394 g/mol. The van der Waals surface area contributed by atoms with Crippen LogP contribution < -0.4 is 20.9 Å². The maximum atomic E-state index is 12.1. The van der Waals surface area contributed by atoms with Gasteiger partial charge in [-0.3, -0.25) is 9.59 Å². The van der Waals surface area contributed by atoms with Gasteiger partial charge in [-0.25, -0.2) is 0 Å². The van der Waals surface area contributed by atoms with E-state index in [4.69, 9.17) is 21.1 Å². The summed E-state index contributed by atoms with van der Waals surface area (Å²) in [5.41, 5.74) is 10.8. The normalized spacial score (nSPS) is 16.6. The molecule has 0 saturated heterocycles.